The van der Waals surface area contributed by atoms with E-state index in [1.807, 2.05) is 19.9 Å². The highest BCUT2D eigenvalue weighted by Gasteiger charge is 1.80. The molecule has 2 heteroatoms. The molecule has 0 aliphatic rings. The van der Waals surface area contributed by atoms with E-state index < -0.39 is 0 Å². The van der Waals surface area contributed by atoms with Gasteiger partial charge < -0.3 is 0 Å². The first-order valence-electron chi connectivity index (χ1n) is 2.71. The molecule has 0 saturated carbocycles. The Hall–Kier alpha value is -0.500. The summed E-state index contributed by atoms with van der Waals surface area (Å²) in [5, 5.41) is 0. The number of nitrogens with zero attached hydrogens (tertiary/aromatic N) is 1. The van der Waals surface area contributed by atoms with Crippen LogP contribution in [0.15, 0.2) is 28.2 Å². The number of allylic oxidation sites excluding steroid dienone is 2. The van der Waals surface area contributed by atoms with Gasteiger partial charge in [-0.05, 0) is 24.8 Å². The zero-order chi connectivity index (χ0) is 7.28. The van der Waals surface area contributed by atoms with Gasteiger partial charge in [0.1, 0.15) is 0 Å². The van der Waals surface area contributed by atoms with Crippen molar-refractivity contribution in [1.29, 1.82) is 0 Å². The highest BCUT2D eigenvalue weighted by atomic mass is 32.1. The maximum atomic E-state index is 3.99. The first-order chi connectivity index (χ1) is 4.16. The Morgan fingerprint density at radius 1 is 1.67 bits per heavy atom. The molecular weight excluding hydrogens is 130 g/mol. The van der Waals surface area contributed by atoms with Gasteiger partial charge in [0.25, 0.3) is 0 Å². The van der Waals surface area contributed by atoms with Gasteiger partial charge in [-0.1, -0.05) is 6.58 Å². The van der Waals surface area contributed by atoms with E-state index in [4.69, 9.17) is 0 Å². The molecule has 0 atom stereocenters. The number of rotatable bonds is 2. The van der Waals surface area contributed by atoms with Crippen LogP contribution in [0.25, 0.3) is 0 Å². The molecule has 0 N–H and O–H groups in total. The molecule has 0 radical (unpaired) electrons. The Balaban J connectivity index is 4.00. The Bertz CT molecular complexity index is 156. The van der Waals surface area contributed by atoms with Crippen LogP contribution in [0.3, 0.4) is 0 Å². The van der Waals surface area contributed by atoms with Crippen molar-refractivity contribution in [2.75, 3.05) is 0 Å². The Kier molecular flexibility index (Phi) is 4.14. The summed E-state index contributed by atoms with van der Waals surface area (Å²) in [6, 6.07) is 0. The van der Waals surface area contributed by atoms with E-state index in [-0.39, 0.29) is 0 Å². The van der Waals surface area contributed by atoms with E-state index >= 15 is 0 Å². The zero-order valence-corrected chi connectivity index (χ0v) is 6.65. The second-order valence-corrected chi connectivity index (χ2v) is 2.24. The molecule has 0 saturated heterocycles. The minimum atomic E-state index is 0.734. The SMILES string of the molecule is C=C(S)/C=C(C)\N=C/C. The van der Waals surface area contributed by atoms with Gasteiger partial charge in [0.2, 0.25) is 0 Å². The predicted molar refractivity (Wildman–Crippen MR) is 46.0 cm³/mol. The number of thiol groups is 1. The van der Waals surface area contributed by atoms with Gasteiger partial charge in [0, 0.05) is 11.9 Å². The van der Waals surface area contributed by atoms with Crippen LogP contribution in [0.1, 0.15) is 13.8 Å². The molecule has 0 fully saturated rings. The fraction of sp³-hybridized carbons (Fsp3) is 0.286. The molecule has 0 bridgehead atoms. The lowest BCUT2D eigenvalue weighted by Crippen LogP contribution is -1.68. The van der Waals surface area contributed by atoms with E-state index in [2.05, 4.69) is 24.2 Å². The standard InChI is InChI=1S/C7H11NS/c1-4-8-6(2)5-7(3)9/h4-5,9H,3H2,1-2H3/b6-5-,8-4-. The molecule has 0 amide bonds. The Labute approximate surface area is 61.6 Å². The van der Waals surface area contributed by atoms with Crippen LogP contribution in [0.4, 0.5) is 0 Å². The third kappa shape index (κ3) is 5.37. The van der Waals surface area contributed by atoms with Crippen LogP contribution in [0.5, 0.6) is 0 Å². The maximum Gasteiger partial charge on any atom is 0.0379 e. The second-order valence-electron chi connectivity index (χ2n) is 1.66. The summed E-state index contributed by atoms with van der Waals surface area (Å²) >= 11 is 3.99. The van der Waals surface area contributed by atoms with E-state index in [1.165, 1.54) is 0 Å². The van der Waals surface area contributed by atoms with Crippen molar-refractivity contribution in [3.05, 3.63) is 23.3 Å². The van der Waals surface area contributed by atoms with Gasteiger partial charge in [0.05, 0.1) is 0 Å². The van der Waals surface area contributed by atoms with Crippen molar-refractivity contribution in [3.63, 3.8) is 0 Å². The van der Waals surface area contributed by atoms with Crippen molar-refractivity contribution in [2.24, 2.45) is 4.99 Å². The van der Waals surface area contributed by atoms with Crippen molar-refractivity contribution >= 4 is 18.8 Å². The van der Waals surface area contributed by atoms with Crippen molar-refractivity contribution < 1.29 is 0 Å². The molecule has 0 aromatic heterocycles. The molecule has 0 aliphatic carbocycles. The largest absolute Gasteiger partial charge is 0.266 e. The van der Waals surface area contributed by atoms with Crippen molar-refractivity contribution in [3.8, 4) is 0 Å². The first kappa shape index (κ1) is 8.50. The number of aliphatic imine (C=N–C) groups is 1. The van der Waals surface area contributed by atoms with Crippen LogP contribution >= 0.6 is 12.6 Å². The monoisotopic (exact) mass is 141 g/mol. The lowest BCUT2D eigenvalue weighted by Gasteiger charge is -1.88. The summed E-state index contributed by atoms with van der Waals surface area (Å²) in [6.07, 6.45) is 3.55. The molecule has 0 aromatic carbocycles. The van der Waals surface area contributed by atoms with E-state index in [1.54, 1.807) is 6.21 Å². The van der Waals surface area contributed by atoms with Crippen molar-refractivity contribution in [2.45, 2.75) is 13.8 Å². The predicted octanol–water partition coefficient (Wildman–Crippen LogP) is 2.42. The molecule has 9 heavy (non-hydrogen) atoms. The Morgan fingerprint density at radius 2 is 2.22 bits per heavy atom. The molecule has 1 nitrogen and oxygen atoms in total. The lowest BCUT2D eigenvalue weighted by atomic mass is 10.4. The average Bonchev–Trinajstić information content (AvgIpc) is 1.63. The molecule has 0 spiro atoms. The summed E-state index contributed by atoms with van der Waals surface area (Å²) < 4.78 is 0. The van der Waals surface area contributed by atoms with Crippen LogP contribution in [0, 0.1) is 0 Å². The summed E-state index contributed by atoms with van der Waals surface area (Å²) in [7, 11) is 0. The normalized spacial score (nSPS) is 12.6. The first-order valence-corrected chi connectivity index (χ1v) is 3.16. The maximum absolute atomic E-state index is 3.99. The average molecular weight is 141 g/mol. The quantitative estimate of drug-likeness (QED) is 0.344. The zero-order valence-electron chi connectivity index (χ0n) is 5.76. The minimum Gasteiger partial charge on any atom is -0.266 e. The number of hydrogen-bond acceptors (Lipinski definition) is 2. The van der Waals surface area contributed by atoms with E-state index in [0.717, 1.165) is 10.6 Å². The third-order valence-electron chi connectivity index (χ3n) is 0.708. The molecular formula is C7H11NS. The lowest BCUT2D eigenvalue weighted by molar-refractivity contribution is 1.31. The minimum absolute atomic E-state index is 0.734. The van der Waals surface area contributed by atoms with Gasteiger partial charge in [-0.15, -0.1) is 12.6 Å². The van der Waals surface area contributed by atoms with E-state index in [9.17, 15) is 0 Å². The summed E-state index contributed by atoms with van der Waals surface area (Å²) in [5.41, 5.74) is 0.928. The molecule has 0 unspecified atom stereocenters. The van der Waals surface area contributed by atoms with Crippen molar-refractivity contribution in [1.82, 2.24) is 0 Å². The molecule has 0 aliphatic heterocycles. The molecule has 0 aromatic rings. The van der Waals surface area contributed by atoms with Crippen LogP contribution < -0.4 is 0 Å². The van der Waals surface area contributed by atoms with Gasteiger partial charge in [-0.2, -0.15) is 0 Å². The van der Waals surface area contributed by atoms with Crippen LogP contribution in [-0.4, -0.2) is 6.21 Å². The van der Waals surface area contributed by atoms with Gasteiger partial charge in [-0.3, -0.25) is 4.99 Å². The van der Waals surface area contributed by atoms with E-state index in [0.29, 0.717) is 0 Å². The second kappa shape index (κ2) is 4.39. The summed E-state index contributed by atoms with van der Waals surface area (Å²) in [5.74, 6) is 0. The Morgan fingerprint density at radius 3 is 2.56 bits per heavy atom. The summed E-state index contributed by atoms with van der Waals surface area (Å²) in [6.45, 7) is 7.37. The highest BCUT2D eigenvalue weighted by Crippen LogP contribution is 2.03. The topological polar surface area (TPSA) is 12.4 Å². The fourth-order valence-corrected chi connectivity index (χ4v) is 0.669. The van der Waals surface area contributed by atoms with Crippen LogP contribution in [-0.2, 0) is 0 Å². The van der Waals surface area contributed by atoms with Gasteiger partial charge in [-0.25, -0.2) is 0 Å². The molecule has 0 heterocycles. The van der Waals surface area contributed by atoms with Gasteiger partial charge in [0.15, 0.2) is 0 Å². The highest BCUT2D eigenvalue weighted by molar-refractivity contribution is 7.84. The number of hydrogen-bond donors (Lipinski definition) is 1. The molecule has 0 rings (SSSR count). The van der Waals surface area contributed by atoms with Gasteiger partial charge >= 0.3 is 0 Å². The fourth-order valence-electron chi connectivity index (χ4n) is 0.482. The summed E-state index contributed by atoms with van der Waals surface area (Å²) in [4.78, 5) is 4.73. The smallest absolute Gasteiger partial charge is 0.0379 e. The third-order valence-corrected chi connectivity index (χ3v) is 0.837. The van der Waals surface area contributed by atoms with Crippen LogP contribution in [0.2, 0.25) is 0 Å². The molecule has 50 valence electrons.